The molecule has 1 unspecified atom stereocenters. The van der Waals surface area contributed by atoms with Crippen LogP contribution in [-0.2, 0) is 11.3 Å². The molecule has 0 aliphatic carbocycles. The number of likely N-dealkylation sites (N-methyl/N-ethyl adjacent to an activating group) is 1. The average molecular weight is 377 g/mol. The predicted octanol–water partition coefficient (Wildman–Crippen LogP) is 2.64. The van der Waals surface area contributed by atoms with E-state index in [1.54, 1.807) is 7.05 Å². The molecule has 0 bridgehead atoms. The number of guanidine groups is 1. The summed E-state index contributed by atoms with van der Waals surface area (Å²) >= 11 is 0. The van der Waals surface area contributed by atoms with E-state index in [0.29, 0.717) is 18.7 Å². The van der Waals surface area contributed by atoms with Crippen LogP contribution in [0, 0.1) is 0 Å². The quantitative estimate of drug-likeness (QED) is 0.513. The molecule has 0 radical (unpaired) electrons. The van der Waals surface area contributed by atoms with E-state index >= 15 is 0 Å². The summed E-state index contributed by atoms with van der Waals surface area (Å²) in [6.07, 6.45) is 3.29. The monoisotopic (exact) mass is 376 g/mol. The van der Waals surface area contributed by atoms with Gasteiger partial charge in [-0.15, -0.1) is 0 Å². The van der Waals surface area contributed by atoms with E-state index < -0.39 is 0 Å². The summed E-state index contributed by atoms with van der Waals surface area (Å²) in [5.41, 5.74) is 1.18. The molecule has 0 aromatic heterocycles. The van der Waals surface area contributed by atoms with E-state index in [9.17, 15) is 0 Å². The van der Waals surface area contributed by atoms with Gasteiger partial charge in [0.1, 0.15) is 12.4 Å². The minimum atomic E-state index is 0.401. The van der Waals surface area contributed by atoms with E-state index in [2.05, 4.69) is 53.6 Å². The highest BCUT2D eigenvalue weighted by molar-refractivity contribution is 5.79. The Kier molecular flexibility index (Phi) is 9.42. The van der Waals surface area contributed by atoms with E-state index in [1.165, 1.54) is 5.56 Å². The third-order valence-corrected chi connectivity index (χ3v) is 5.10. The highest BCUT2D eigenvalue weighted by Crippen LogP contribution is 2.15. The summed E-state index contributed by atoms with van der Waals surface area (Å²) in [7, 11) is 3.97. The lowest BCUT2D eigenvalue weighted by atomic mass is 10.1. The number of rotatable bonds is 9. The standard InChI is InChI=1S/C21H36N4O2/c1-5-17(2)24-21(22-3)23-16-18-7-6-8-20(15-18)27-14-11-25(4)19-9-12-26-13-10-19/h6-8,15,17,19H,5,9-14,16H2,1-4H3,(H2,22,23,24). The molecule has 1 aliphatic rings. The molecule has 27 heavy (non-hydrogen) atoms. The second kappa shape index (κ2) is 11.8. The number of nitrogens with zero attached hydrogens (tertiary/aromatic N) is 2. The third kappa shape index (κ3) is 7.77. The Morgan fingerprint density at radius 1 is 1.37 bits per heavy atom. The fraction of sp³-hybridized carbons (Fsp3) is 0.667. The highest BCUT2D eigenvalue weighted by Gasteiger charge is 2.17. The van der Waals surface area contributed by atoms with Crippen LogP contribution in [0.5, 0.6) is 5.75 Å². The Balaban J connectivity index is 1.75. The molecule has 1 aromatic rings. The molecule has 0 saturated carbocycles. The van der Waals surface area contributed by atoms with Gasteiger partial charge in [-0.1, -0.05) is 19.1 Å². The topological polar surface area (TPSA) is 58.1 Å². The van der Waals surface area contributed by atoms with Crippen LogP contribution in [0.2, 0.25) is 0 Å². The molecular formula is C21H36N4O2. The molecule has 1 heterocycles. The van der Waals surface area contributed by atoms with Crippen LogP contribution in [0.1, 0.15) is 38.7 Å². The number of hydrogen-bond acceptors (Lipinski definition) is 4. The van der Waals surface area contributed by atoms with Crippen molar-refractivity contribution in [3.05, 3.63) is 29.8 Å². The van der Waals surface area contributed by atoms with Crippen LogP contribution in [0.15, 0.2) is 29.3 Å². The van der Waals surface area contributed by atoms with Gasteiger partial charge in [0.05, 0.1) is 0 Å². The molecule has 1 atom stereocenters. The van der Waals surface area contributed by atoms with Gasteiger partial charge in [0, 0.05) is 45.4 Å². The first kappa shape index (κ1) is 21.5. The van der Waals surface area contributed by atoms with Gasteiger partial charge >= 0.3 is 0 Å². The Morgan fingerprint density at radius 3 is 2.85 bits per heavy atom. The second-order valence-corrected chi connectivity index (χ2v) is 7.20. The molecule has 6 nitrogen and oxygen atoms in total. The Bertz CT molecular complexity index is 573. The van der Waals surface area contributed by atoms with Gasteiger partial charge in [0.2, 0.25) is 0 Å². The largest absolute Gasteiger partial charge is 0.492 e. The lowest BCUT2D eigenvalue weighted by Crippen LogP contribution is -2.41. The van der Waals surface area contributed by atoms with Crippen molar-refractivity contribution in [1.29, 1.82) is 0 Å². The van der Waals surface area contributed by atoms with Gasteiger partial charge < -0.3 is 20.1 Å². The number of aliphatic imine (C=N–C) groups is 1. The summed E-state index contributed by atoms with van der Waals surface area (Å²) in [5, 5.41) is 6.73. The molecule has 6 heteroatoms. The zero-order valence-electron chi connectivity index (χ0n) is 17.3. The lowest BCUT2D eigenvalue weighted by Gasteiger charge is -2.31. The minimum absolute atomic E-state index is 0.401. The van der Waals surface area contributed by atoms with Crippen LogP contribution in [0.4, 0.5) is 0 Å². The van der Waals surface area contributed by atoms with Crippen molar-refractivity contribution < 1.29 is 9.47 Å². The molecule has 1 aromatic carbocycles. The highest BCUT2D eigenvalue weighted by atomic mass is 16.5. The normalized spacial score (nSPS) is 17.0. The van der Waals surface area contributed by atoms with Crippen LogP contribution >= 0.6 is 0 Å². The predicted molar refractivity (Wildman–Crippen MR) is 111 cm³/mol. The summed E-state index contributed by atoms with van der Waals surface area (Å²) in [4.78, 5) is 6.66. The zero-order valence-corrected chi connectivity index (χ0v) is 17.3. The van der Waals surface area contributed by atoms with Crippen molar-refractivity contribution in [2.75, 3.05) is 40.5 Å². The van der Waals surface area contributed by atoms with Crippen molar-refractivity contribution >= 4 is 5.96 Å². The van der Waals surface area contributed by atoms with Gasteiger partial charge in [-0.25, -0.2) is 0 Å². The molecule has 0 amide bonds. The number of ether oxygens (including phenoxy) is 2. The molecule has 1 saturated heterocycles. The fourth-order valence-corrected chi connectivity index (χ4v) is 3.08. The van der Waals surface area contributed by atoms with E-state index in [-0.39, 0.29) is 0 Å². The molecule has 0 spiro atoms. The van der Waals surface area contributed by atoms with E-state index in [1.807, 2.05) is 12.1 Å². The van der Waals surface area contributed by atoms with Gasteiger partial charge in [-0.3, -0.25) is 9.89 Å². The molecular weight excluding hydrogens is 340 g/mol. The third-order valence-electron chi connectivity index (χ3n) is 5.10. The molecule has 1 fully saturated rings. The summed E-state index contributed by atoms with van der Waals surface area (Å²) in [5.74, 6) is 1.74. The maximum absolute atomic E-state index is 5.98. The van der Waals surface area contributed by atoms with Gasteiger partial charge in [-0.05, 0) is 50.9 Å². The van der Waals surface area contributed by atoms with Gasteiger partial charge in [0.15, 0.2) is 5.96 Å². The Morgan fingerprint density at radius 2 is 2.15 bits per heavy atom. The van der Waals surface area contributed by atoms with Gasteiger partial charge in [0.25, 0.3) is 0 Å². The first-order valence-electron chi connectivity index (χ1n) is 10.1. The first-order valence-corrected chi connectivity index (χ1v) is 10.1. The number of benzene rings is 1. The SMILES string of the molecule is CCC(C)NC(=NC)NCc1cccc(OCCN(C)C2CCOCC2)c1. The van der Waals surface area contributed by atoms with E-state index in [0.717, 1.165) is 57.3 Å². The van der Waals surface area contributed by atoms with Crippen LogP contribution < -0.4 is 15.4 Å². The van der Waals surface area contributed by atoms with Crippen LogP contribution in [-0.4, -0.2) is 63.4 Å². The molecule has 152 valence electrons. The molecule has 1 aliphatic heterocycles. The second-order valence-electron chi connectivity index (χ2n) is 7.20. The zero-order chi connectivity index (χ0) is 19.5. The first-order chi connectivity index (χ1) is 13.1. The average Bonchev–Trinajstić information content (AvgIpc) is 2.71. The summed E-state index contributed by atoms with van der Waals surface area (Å²) in [6.45, 7) is 8.40. The maximum Gasteiger partial charge on any atom is 0.191 e. The van der Waals surface area contributed by atoms with Crippen LogP contribution in [0.3, 0.4) is 0 Å². The fourth-order valence-electron chi connectivity index (χ4n) is 3.08. The smallest absolute Gasteiger partial charge is 0.191 e. The maximum atomic E-state index is 5.98. The van der Waals surface area contributed by atoms with E-state index in [4.69, 9.17) is 9.47 Å². The summed E-state index contributed by atoms with van der Waals surface area (Å²) < 4.78 is 11.4. The lowest BCUT2D eigenvalue weighted by molar-refractivity contribution is 0.0392. The van der Waals surface area contributed by atoms with Crippen molar-refractivity contribution in [2.24, 2.45) is 4.99 Å². The summed E-state index contributed by atoms with van der Waals surface area (Å²) in [6, 6.07) is 9.27. The molecule has 2 rings (SSSR count). The van der Waals surface area contributed by atoms with Crippen molar-refractivity contribution in [2.45, 2.75) is 51.7 Å². The minimum Gasteiger partial charge on any atom is -0.492 e. The van der Waals surface area contributed by atoms with Crippen molar-refractivity contribution in [1.82, 2.24) is 15.5 Å². The van der Waals surface area contributed by atoms with Gasteiger partial charge in [-0.2, -0.15) is 0 Å². The Hall–Kier alpha value is -1.79. The van der Waals surface area contributed by atoms with Crippen molar-refractivity contribution in [3.8, 4) is 5.75 Å². The Labute approximate surface area is 164 Å². The number of nitrogens with one attached hydrogen (secondary N) is 2. The number of hydrogen-bond donors (Lipinski definition) is 2. The van der Waals surface area contributed by atoms with Crippen molar-refractivity contribution in [3.63, 3.8) is 0 Å². The molecule has 2 N–H and O–H groups in total. The van der Waals surface area contributed by atoms with Crippen LogP contribution in [0.25, 0.3) is 0 Å².